The second-order valence-corrected chi connectivity index (χ2v) is 4.49. The van der Waals surface area contributed by atoms with Gasteiger partial charge < -0.3 is 5.32 Å². The average Bonchev–Trinajstić information content (AvgIpc) is 2.41. The minimum atomic E-state index is -4.44. The number of alkyl halides is 3. The van der Waals surface area contributed by atoms with Crippen LogP contribution in [-0.2, 0) is 6.18 Å². The van der Waals surface area contributed by atoms with E-state index in [2.05, 4.69) is 5.32 Å². The standard InChI is InChI=1S/C15H11F4NO/c1-9-8-12(16)6-7-13(9)20-14(21)10-2-4-11(5-3-10)15(17,18)19/h2-8H,1H3,(H,20,21). The van der Waals surface area contributed by atoms with E-state index in [1.165, 1.54) is 18.2 Å². The summed E-state index contributed by atoms with van der Waals surface area (Å²) in [6.07, 6.45) is -4.44. The summed E-state index contributed by atoms with van der Waals surface area (Å²) in [5.74, 6) is -0.988. The van der Waals surface area contributed by atoms with Gasteiger partial charge in [-0.1, -0.05) is 0 Å². The van der Waals surface area contributed by atoms with Crippen molar-refractivity contribution in [3.63, 3.8) is 0 Å². The summed E-state index contributed by atoms with van der Waals surface area (Å²) in [6, 6.07) is 7.71. The van der Waals surface area contributed by atoms with Crippen molar-refractivity contribution >= 4 is 11.6 Å². The number of benzene rings is 2. The van der Waals surface area contributed by atoms with Crippen LogP contribution in [0, 0.1) is 12.7 Å². The molecule has 2 aromatic carbocycles. The van der Waals surface area contributed by atoms with Gasteiger partial charge in [-0.3, -0.25) is 4.79 Å². The van der Waals surface area contributed by atoms with Crippen LogP contribution in [0.4, 0.5) is 23.2 Å². The first-order chi connectivity index (χ1) is 9.77. The number of carbonyl (C=O) groups excluding carboxylic acids is 1. The predicted octanol–water partition coefficient (Wildman–Crippen LogP) is 4.41. The van der Waals surface area contributed by atoms with E-state index in [0.29, 0.717) is 11.3 Å². The molecule has 0 radical (unpaired) electrons. The summed E-state index contributed by atoms with van der Waals surface area (Å²) in [6.45, 7) is 1.62. The number of hydrogen-bond donors (Lipinski definition) is 1. The first kappa shape index (κ1) is 15.0. The van der Waals surface area contributed by atoms with Gasteiger partial charge in [-0.2, -0.15) is 13.2 Å². The zero-order chi connectivity index (χ0) is 15.6. The van der Waals surface area contributed by atoms with Crippen LogP contribution in [0.1, 0.15) is 21.5 Å². The second-order valence-electron chi connectivity index (χ2n) is 4.49. The number of amides is 1. The molecule has 0 saturated heterocycles. The van der Waals surface area contributed by atoms with Crippen molar-refractivity contribution in [1.29, 1.82) is 0 Å². The molecule has 110 valence electrons. The van der Waals surface area contributed by atoms with Gasteiger partial charge in [0.1, 0.15) is 5.82 Å². The zero-order valence-corrected chi connectivity index (χ0v) is 11.0. The fourth-order valence-electron chi connectivity index (χ4n) is 1.77. The van der Waals surface area contributed by atoms with Crippen molar-refractivity contribution in [2.75, 3.05) is 5.32 Å². The minimum absolute atomic E-state index is 0.0896. The number of aryl methyl sites for hydroxylation is 1. The molecule has 0 spiro atoms. The highest BCUT2D eigenvalue weighted by atomic mass is 19.4. The normalized spacial score (nSPS) is 11.3. The molecule has 0 heterocycles. The fourth-order valence-corrected chi connectivity index (χ4v) is 1.77. The van der Waals surface area contributed by atoms with Crippen molar-refractivity contribution in [2.45, 2.75) is 13.1 Å². The molecule has 2 aromatic rings. The minimum Gasteiger partial charge on any atom is -0.322 e. The van der Waals surface area contributed by atoms with Crippen LogP contribution in [0.2, 0.25) is 0 Å². The summed E-state index contributed by atoms with van der Waals surface area (Å²) in [5, 5.41) is 2.53. The first-order valence-corrected chi connectivity index (χ1v) is 6.02. The molecule has 1 N–H and O–H groups in total. The van der Waals surface area contributed by atoms with Crippen LogP contribution in [0.3, 0.4) is 0 Å². The van der Waals surface area contributed by atoms with Gasteiger partial charge in [0.05, 0.1) is 5.56 Å². The lowest BCUT2D eigenvalue weighted by molar-refractivity contribution is -0.137. The summed E-state index contributed by atoms with van der Waals surface area (Å²) in [4.78, 5) is 11.9. The highest BCUT2D eigenvalue weighted by molar-refractivity contribution is 6.04. The van der Waals surface area contributed by atoms with E-state index in [1.807, 2.05) is 0 Å². The van der Waals surface area contributed by atoms with Gasteiger partial charge in [0.15, 0.2) is 0 Å². The van der Waals surface area contributed by atoms with E-state index in [4.69, 9.17) is 0 Å². The molecule has 0 fully saturated rings. The molecule has 0 saturated carbocycles. The zero-order valence-electron chi connectivity index (χ0n) is 11.0. The lowest BCUT2D eigenvalue weighted by Crippen LogP contribution is -2.13. The molecule has 2 nitrogen and oxygen atoms in total. The largest absolute Gasteiger partial charge is 0.416 e. The number of carbonyl (C=O) groups is 1. The van der Waals surface area contributed by atoms with E-state index >= 15 is 0 Å². The Labute approximate surface area is 118 Å². The molecule has 21 heavy (non-hydrogen) atoms. The second kappa shape index (κ2) is 5.55. The monoisotopic (exact) mass is 297 g/mol. The van der Waals surface area contributed by atoms with E-state index in [-0.39, 0.29) is 5.56 Å². The van der Waals surface area contributed by atoms with Gasteiger partial charge in [-0.25, -0.2) is 4.39 Å². The van der Waals surface area contributed by atoms with Gasteiger partial charge >= 0.3 is 6.18 Å². The summed E-state index contributed by atoms with van der Waals surface area (Å²) in [7, 11) is 0. The van der Waals surface area contributed by atoms with Crippen LogP contribution in [-0.4, -0.2) is 5.91 Å². The molecule has 0 aliphatic heterocycles. The van der Waals surface area contributed by atoms with Gasteiger partial charge in [0.2, 0.25) is 0 Å². The summed E-state index contributed by atoms with van der Waals surface area (Å²) in [5.41, 5.74) is 0.195. The Hall–Kier alpha value is -2.37. The Morgan fingerprint density at radius 2 is 1.67 bits per heavy atom. The summed E-state index contributed by atoms with van der Waals surface area (Å²) >= 11 is 0. The van der Waals surface area contributed by atoms with Crippen molar-refractivity contribution in [2.24, 2.45) is 0 Å². The Bertz CT molecular complexity index is 662. The van der Waals surface area contributed by atoms with Crippen molar-refractivity contribution < 1.29 is 22.4 Å². The maximum Gasteiger partial charge on any atom is 0.416 e. The molecule has 1 amide bonds. The topological polar surface area (TPSA) is 29.1 Å². The first-order valence-electron chi connectivity index (χ1n) is 6.02. The molecule has 0 aliphatic rings. The molecule has 0 atom stereocenters. The quantitative estimate of drug-likeness (QED) is 0.818. The van der Waals surface area contributed by atoms with Crippen molar-refractivity contribution in [3.8, 4) is 0 Å². The molecule has 0 bridgehead atoms. The Balaban J connectivity index is 2.17. The fraction of sp³-hybridized carbons (Fsp3) is 0.133. The van der Waals surface area contributed by atoms with Gasteiger partial charge in [0, 0.05) is 11.3 Å². The van der Waals surface area contributed by atoms with E-state index in [0.717, 1.165) is 24.3 Å². The number of anilines is 1. The Morgan fingerprint density at radius 1 is 1.05 bits per heavy atom. The number of nitrogens with one attached hydrogen (secondary N) is 1. The SMILES string of the molecule is Cc1cc(F)ccc1NC(=O)c1ccc(C(F)(F)F)cc1. The average molecular weight is 297 g/mol. The molecule has 0 aromatic heterocycles. The predicted molar refractivity (Wildman–Crippen MR) is 70.5 cm³/mol. The van der Waals surface area contributed by atoms with Gasteiger partial charge in [0.25, 0.3) is 5.91 Å². The maximum absolute atomic E-state index is 12.9. The Morgan fingerprint density at radius 3 is 2.19 bits per heavy atom. The number of hydrogen-bond acceptors (Lipinski definition) is 1. The van der Waals surface area contributed by atoms with E-state index in [9.17, 15) is 22.4 Å². The molecule has 0 aliphatic carbocycles. The number of rotatable bonds is 2. The van der Waals surface area contributed by atoms with Gasteiger partial charge in [-0.05, 0) is 55.0 Å². The lowest BCUT2D eigenvalue weighted by atomic mass is 10.1. The smallest absolute Gasteiger partial charge is 0.322 e. The molecule has 0 unspecified atom stereocenters. The van der Waals surface area contributed by atoms with Gasteiger partial charge in [-0.15, -0.1) is 0 Å². The number of halogens is 4. The third-order valence-electron chi connectivity index (χ3n) is 2.91. The van der Waals surface area contributed by atoms with Crippen molar-refractivity contribution in [3.05, 3.63) is 65.0 Å². The third-order valence-corrected chi connectivity index (χ3v) is 2.91. The van der Waals surface area contributed by atoms with Crippen LogP contribution < -0.4 is 5.32 Å². The third kappa shape index (κ3) is 3.59. The molecular formula is C15H11F4NO. The summed E-state index contributed by atoms with van der Waals surface area (Å²) < 4.78 is 50.2. The molecule has 6 heteroatoms. The van der Waals surface area contributed by atoms with E-state index < -0.39 is 23.5 Å². The van der Waals surface area contributed by atoms with Crippen LogP contribution in [0.25, 0.3) is 0 Å². The molecular weight excluding hydrogens is 286 g/mol. The molecule has 2 rings (SSSR count). The Kier molecular flexibility index (Phi) is 3.97. The van der Waals surface area contributed by atoms with Crippen LogP contribution >= 0.6 is 0 Å². The van der Waals surface area contributed by atoms with Crippen LogP contribution in [0.5, 0.6) is 0 Å². The van der Waals surface area contributed by atoms with Crippen LogP contribution in [0.15, 0.2) is 42.5 Å². The highest BCUT2D eigenvalue weighted by Crippen LogP contribution is 2.29. The maximum atomic E-state index is 12.9. The van der Waals surface area contributed by atoms with E-state index in [1.54, 1.807) is 6.92 Å². The van der Waals surface area contributed by atoms with Crippen molar-refractivity contribution in [1.82, 2.24) is 0 Å². The highest BCUT2D eigenvalue weighted by Gasteiger charge is 2.30. The lowest BCUT2D eigenvalue weighted by Gasteiger charge is -2.10.